The lowest BCUT2D eigenvalue weighted by molar-refractivity contribution is -0.142. The number of fused-ring (bicyclic) bond motifs is 1. The minimum atomic E-state index is -0.631. The molecule has 2 saturated heterocycles. The fourth-order valence-electron chi connectivity index (χ4n) is 3.58. The van der Waals surface area contributed by atoms with Crippen LogP contribution in [-0.4, -0.2) is 65.5 Å². The highest BCUT2D eigenvalue weighted by atomic mass is 35.5. The van der Waals surface area contributed by atoms with E-state index in [2.05, 4.69) is 4.98 Å². The highest BCUT2D eigenvalue weighted by Crippen LogP contribution is 2.28. The number of hydrogen-bond acceptors (Lipinski definition) is 3. The van der Waals surface area contributed by atoms with Crippen LogP contribution >= 0.6 is 11.6 Å². The first-order valence-corrected chi connectivity index (χ1v) is 9.09. The summed E-state index contributed by atoms with van der Waals surface area (Å²) in [6, 6.07) is 4.97. The van der Waals surface area contributed by atoms with Crippen LogP contribution in [-0.2, 0) is 9.53 Å². The standard InChI is InChI=1S/C18H19ClFN3O3/c19-11-3-1-4-12-14(11)15(20)16(21-12)18(25)23-8-6-22(7-9-23)17(24)13-5-2-10-26-13/h1,3-4,13,21H,2,5-10H2/t13-/m0/s1. The summed E-state index contributed by atoms with van der Waals surface area (Å²) in [5.41, 5.74) is 0.401. The van der Waals surface area contributed by atoms with Crippen molar-refractivity contribution in [3.8, 4) is 0 Å². The molecule has 0 bridgehead atoms. The number of ether oxygens (including phenoxy) is 1. The lowest BCUT2D eigenvalue weighted by Gasteiger charge is -2.35. The molecular weight excluding hydrogens is 361 g/mol. The molecular formula is C18H19ClFN3O3. The molecule has 2 aliphatic rings. The number of hydrogen-bond donors (Lipinski definition) is 1. The summed E-state index contributed by atoms with van der Waals surface area (Å²) in [6.07, 6.45) is 1.29. The van der Waals surface area contributed by atoms with Crippen LogP contribution in [0, 0.1) is 5.82 Å². The predicted molar refractivity (Wildman–Crippen MR) is 94.7 cm³/mol. The lowest BCUT2D eigenvalue weighted by Crippen LogP contribution is -2.53. The fraction of sp³-hybridized carbons (Fsp3) is 0.444. The van der Waals surface area contributed by atoms with Crippen molar-refractivity contribution in [1.82, 2.24) is 14.8 Å². The van der Waals surface area contributed by atoms with E-state index in [1.807, 2.05) is 0 Å². The van der Waals surface area contributed by atoms with Gasteiger partial charge in [0.25, 0.3) is 11.8 Å². The fourth-order valence-corrected chi connectivity index (χ4v) is 3.83. The Morgan fingerprint density at radius 1 is 1.19 bits per heavy atom. The zero-order valence-electron chi connectivity index (χ0n) is 14.1. The first kappa shape index (κ1) is 17.3. The minimum Gasteiger partial charge on any atom is -0.368 e. The number of aromatic amines is 1. The monoisotopic (exact) mass is 379 g/mol. The second kappa shape index (κ2) is 6.89. The molecule has 0 aliphatic carbocycles. The molecule has 4 rings (SSSR count). The van der Waals surface area contributed by atoms with E-state index in [1.54, 1.807) is 28.0 Å². The molecule has 3 heterocycles. The van der Waals surface area contributed by atoms with Crippen molar-refractivity contribution in [1.29, 1.82) is 0 Å². The van der Waals surface area contributed by atoms with Gasteiger partial charge < -0.3 is 19.5 Å². The van der Waals surface area contributed by atoms with E-state index >= 15 is 0 Å². The van der Waals surface area contributed by atoms with Crippen molar-refractivity contribution in [3.05, 3.63) is 34.7 Å². The van der Waals surface area contributed by atoms with Gasteiger partial charge in [0.2, 0.25) is 0 Å². The number of aromatic nitrogens is 1. The Kier molecular flexibility index (Phi) is 4.58. The third-order valence-electron chi connectivity index (χ3n) is 5.01. The molecule has 1 atom stereocenters. The molecule has 0 unspecified atom stereocenters. The number of halogens is 2. The minimum absolute atomic E-state index is 0.0156. The molecule has 1 N–H and O–H groups in total. The summed E-state index contributed by atoms with van der Waals surface area (Å²) >= 11 is 6.04. The van der Waals surface area contributed by atoms with Crippen LogP contribution in [0.3, 0.4) is 0 Å². The van der Waals surface area contributed by atoms with E-state index in [0.717, 1.165) is 12.8 Å². The Balaban J connectivity index is 1.46. The molecule has 2 fully saturated rings. The Hall–Kier alpha value is -2.12. The molecule has 0 saturated carbocycles. The highest BCUT2D eigenvalue weighted by Gasteiger charge is 2.32. The highest BCUT2D eigenvalue weighted by molar-refractivity contribution is 6.35. The van der Waals surface area contributed by atoms with E-state index in [0.29, 0.717) is 38.3 Å². The molecule has 138 valence electrons. The van der Waals surface area contributed by atoms with E-state index in [9.17, 15) is 14.0 Å². The van der Waals surface area contributed by atoms with Crippen LogP contribution in [0.1, 0.15) is 23.3 Å². The van der Waals surface area contributed by atoms with E-state index in [-0.39, 0.29) is 28.1 Å². The number of amides is 2. The molecule has 6 nitrogen and oxygen atoms in total. The van der Waals surface area contributed by atoms with Crippen molar-refractivity contribution in [2.24, 2.45) is 0 Å². The molecule has 26 heavy (non-hydrogen) atoms. The Labute approximate surface area is 154 Å². The van der Waals surface area contributed by atoms with E-state index < -0.39 is 11.7 Å². The molecule has 2 aromatic rings. The Morgan fingerprint density at radius 2 is 1.92 bits per heavy atom. The van der Waals surface area contributed by atoms with Gasteiger partial charge in [-0.3, -0.25) is 9.59 Å². The quantitative estimate of drug-likeness (QED) is 0.871. The number of nitrogens with zero attached hydrogens (tertiary/aromatic N) is 2. The number of piperazine rings is 1. The number of benzene rings is 1. The second-order valence-corrected chi connectivity index (χ2v) is 7.00. The van der Waals surface area contributed by atoms with Crippen LogP contribution in [0.2, 0.25) is 5.02 Å². The van der Waals surface area contributed by atoms with Gasteiger partial charge in [0.1, 0.15) is 11.8 Å². The predicted octanol–water partition coefficient (Wildman–Crippen LogP) is 2.42. The second-order valence-electron chi connectivity index (χ2n) is 6.60. The molecule has 2 aliphatic heterocycles. The van der Waals surface area contributed by atoms with Gasteiger partial charge in [-0.15, -0.1) is 0 Å². The largest absolute Gasteiger partial charge is 0.368 e. The van der Waals surface area contributed by atoms with Gasteiger partial charge in [-0.05, 0) is 25.0 Å². The van der Waals surface area contributed by atoms with Gasteiger partial charge in [-0.2, -0.15) is 0 Å². The normalized spacial score (nSPS) is 20.8. The third kappa shape index (κ3) is 2.95. The summed E-state index contributed by atoms with van der Waals surface area (Å²) in [7, 11) is 0. The van der Waals surface area contributed by atoms with Crippen LogP contribution in [0.5, 0.6) is 0 Å². The zero-order valence-corrected chi connectivity index (χ0v) is 14.9. The topological polar surface area (TPSA) is 65.6 Å². The molecule has 0 radical (unpaired) electrons. The Bertz CT molecular complexity index is 855. The summed E-state index contributed by atoms with van der Waals surface area (Å²) in [5.74, 6) is -1.06. The first-order chi connectivity index (χ1) is 12.6. The summed E-state index contributed by atoms with van der Waals surface area (Å²) in [5, 5.41) is 0.493. The maximum absolute atomic E-state index is 14.7. The number of carbonyl (C=O) groups is 2. The molecule has 8 heteroatoms. The number of carbonyl (C=O) groups excluding carboxylic acids is 2. The van der Waals surface area contributed by atoms with Crippen LogP contribution in [0.4, 0.5) is 4.39 Å². The first-order valence-electron chi connectivity index (χ1n) is 8.71. The summed E-state index contributed by atoms with van der Waals surface area (Å²) in [6.45, 7) is 2.19. The SMILES string of the molecule is O=C(c1[nH]c2cccc(Cl)c2c1F)N1CCN(C(=O)[C@@H]2CCCO2)CC1. The van der Waals surface area contributed by atoms with Crippen molar-refractivity contribution < 1.29 is 18.7 Å². The summed E-state index contributed by atoms with van der Waals surface area (Å²) < 4.78 is 20.1. The van der Waals surface area contributed by atoms with E-state index in [4.69, 9.17) is 16.3 Å². The third-order valence-corrected chi connectivity index (χ3v) is 5.32. The molecule has 0 spiro atoms. The number of rotatable bonds is 2. The maximum atomic E-state index is 14.7. The zero-order chi connectivity index (χ0) is 18.3. The van der Waals surface area contributed by atoms with Gasteiger partial charge >= 0.3 is 0 Å². The molecule has 1 aromatic heterocycles. The van der Waals surface area contributed by atoms with Gasteiger partial charge in [0.15, 0.2) is 5.82 Å². The van der Waals surface area contributed by atoms with Gasteiger partial charge in [-0.25, -0.2) is 4.39 Å². The van der Waals surface area contributed by atoms with Crippen molar-refractivity contribution in [2.75, 3.05) is 32.8 Å². The van der Waals surface area contributed by atoms with E-state index in [1.165, 1.54) is 0 Å². The number of nitrogens with one attached hydrogen (secondary N) is 1. The Morgan fingerprint density at radius 3 is 2.58 bits per heavy atom. The van der Waals surface area contributed by atoms with Crippen LogP contribution in [0.15, 0.2) is 18.2 Å². The van der Waals surface area contributed by atoms with Gasteiger partial charge in [-0.1, -0.05) is 17.7 Å². The van der Waals surface area contributed by atoms with Crippen molar-refractivity contribution in [2.45, 2.75) is 18.9 Å². The average molecular weight is 380 g/mol. The maximum Gasteiger partial charge on any atom is 0.273 e. The summed E-state index contributed by atoms with van der Waals surface area (Å²) in [4.78, 5) is 31.2. The average Bonchev–Trinajstić information content (AvgIpc) is 3.30. The van der Waals surface area contributed by atoms with Crippen LogP contribution < -0.4 is 0 Å². The van der Waals surface area contributed by atoms with Crippen LogP contribution in [0.25, 0.3) is 10.9 Å². The molecule has 1 aromatic carbocycles. The van der Waals surface area contributed by atoms with Crippen molar-refractivity contribution >= 4 is 34.3 Å². The lowest BCUT2D eigenvalue weighted by atomic mass is 10.2. The van der Waals surface area contributed by atoms with Crippen molar-refractivity contribution in [3.63, 3.8) is 0 Å². The van der Waals surface area contributed by atoms with Gasteiger partial charge in [0.05, 0.1) is 15.9 Å². The van der Waals surface area contributed by atoms with Gasteiger partial charge in [0, 0.05) is 32.8 Å². The molecule has 2 amide bonds. The number of H-pyrrole nitrogens is 1. The smallest absolute Gasteiger partial charge is 0.273 e.